The number of carbonyl (C=O) groups is 1. The molecule has 0 saturated heterocycles. The number of carboxylic acids is 1. The van der Waals surface area contributed by atoms with Gasteiger partial charge in [0.1, 0.15) is 11.3 Å². The van der Waals surface area contributed by atoms with Gasteiger partial charge in [-0.05, 0) is 43.2 Å². The molecule has 1 N–H and O–H groups in total. The van der Waals surface area contributed by atoms with Gasteiger partial charge in [0.05, 0.1) is 11.1 Å². The van der Waals surface area contributed by atoms with Gasteiger partial charge in [-0.25, -0.2) is 9.78 Å². The Morgan fingerprint density at radius 2 is 2.24 bits per heavy atom. The second-order valence-electron chi connectivity index (χ2n) is 6.18. The average Bonchev–Trinajstić information content (AvgIpc) is 3.24. The second kappa shape index (κ2) is 5.51. The molecule has 0 spiro atoms. The number of imidazole rings is 1. The van der Waals surface area contributed by atoms with E-state index in [9.17, 15) is 9.90 Å². The SMILES string of the molecule is CCCc1nc2c(C(=O)O)cccc2n1CC(C)C1CC1. The molecule has 1 aromatic carbocycles. The maximum absolute atomic E-state index is 11.4. The van der Waals surface area contributed by atoms with Crippen molar-refractivity contribution in [3.8, 4) is 0 Å². The summed E-state index contributed by atoms with van der Waals surface area (Å²) in [6.45, 7) is 5.37. The zero-order valence-corrected chi connectivity index (χ0v) is 12.7. The molecule has 112 valence electrons. The Labute approximate surface area is 124 Å². The maximum atomic E-state index is 11.4. The first-order chi connectivity index (χ1) is 10.1. The van der Waals surface area contributed by atoms with E-state index in [4.69, 9.17) is 0 Å². The maximum Gasteiger partial charge on any atom is 0.337 e. The van der Waals surface area contributed by atoms with Crippen LogP contribution < -0.4 is 0 Å². The fourth-order valence-electron chi connectivity index (χ4n) is 3.09. The Kier molecular flexibility index (Phi) is 3.70. The molecular weight excluding hydrogens is 264 g/mol. The monoisotopic (exact) mass is 286 g/mol. The number of fused-ring (bicyclic) bond motifs is 1. The molecule has 1 unspecified atom stereocenters. The Balaban J connectivity index is 2.08. The lowest BCUT2D eigenvalue weighted by atomic mass is 10.1. The van der Waals surface area contributed by atoms with Crippen molar-refractivity contribution in [2.45, 2.75) is 46.1 Å². The fraction of sp³-hybridized carbons (Fsp3) is 0.529. The first-order valence-electron chi connectivity index (χ1n) is 7.83. The van der Waals surface area contributed by atoms with Crippen LogP contribution in [0.3, 0.4) is 0 Å². The molecule has 1 saturated carbocycles. The number of carboxylic acid groups (broad SMARTS) is 1. The number of benzene rings is 1. The minimum Gasteiger partial charge on any atom is -0.478 e. The largest absolute Gasteiger partial charge is 0.478 e. The van der Waals surface area contributed by atoms with Gasteiger partial charge in [-0.3, -0.25) is 0 Å². The fourth-order valence-corrected chi connectivity index (χ4v) is 3.09. The molecule has 0 amide bonds. The van der Waals surface area contributed by atoms with Crippen LogP contribution in [0.25, 0.3) is 11.0 Å². The normalized spacial score (nSPS) is 16.3. The van der Waals surface area contributed by atoms with Crippen molar-refractivity contribution in [1.29, 1.82) is 0 Å². The predicted molar refractivity (Wildman–Crippen MR) is 82.6 cm³/mol. The number of hydrogen-bond donors (Lipinski definition) is 1. The molecule has 3 rings (SSSR count). The quantitative estimate of drug-likeness (QED) is 0.880. The van der Waals surface area contributed by atoms with E-state index in [0.717, 1.165) is 36.6 Å². The van der Waals surface area contributed by atoms with E-state index in [1.165, 1.54) is 12.8 Å². The van der Waals surface area contributed by atoms with Crippen molar-refractivity contribution in [3.05, 3.63) is 29.6 Å². The minimum absolute atomic E-state index is 0.308. The number of aromatic nitrogens is 2. The first-order valence-corrected chi connectivity index (χ1v) is 7.83. The summed E-state index contributed by atoms with van der Waals surface area (Å²) >= 11 is 0. The molecule has 0 bridgehead atoms. The van der Waals surface area contributed by atoms with E-state index in [0.29, 0.717) is 17.0 Å². The van der Waals surface area contributed by atoms with Crippen LogP contribution in [0.1, 0.15) is 49.3 Å². The van der Waals surface area contributed by atoms with E-state index < -0.39 is 5.97 Å². The molecule has 2 aromatic rings. The predicted octanol–water partition coefficient (Wildman–Crippen LogP) is 3.73. The Hall–Kier alpha value is -1.84. The number of aryl methyl sites for hydroxylation is 1. The summed E-state index contributed by atoms with van der Waals surface area (Å²) in [4.78, 5) is 16.0. The molecule has 1 aromatic heterocycles. The van der Waals surface area contributed by atoms with Crippen molar-refractivity contribution < 1.29 is 9.90 Å². The summed E-state index contributed by atoms with van der Waals surface area (Å²) in [5.74, 6) is 1.59. The highest BCUT2D eigenvalue weighted by Gasteiger charge is 2.29. The van der Waals surface area contributed by atoms with Crippen LogP contribution in [0, 0.1) is 11.8 Å². The summed E-state index contributed by atoms with van der Waals surface area (Å²) in [5.41, 5.74) is 1.91. The minimum atomic E-state index is -0.900. The van der Waals surface area contributed by atoms with Gasteiger partial charge < -0.3 is 9.67 Å². The number of rotatable bonds is 6. The zero-order valence-electron chi connectivity index (χ0n) is 12.7. The summed E-state index contributed by atoms with van der Waals surface area (Å²) < 4.78 is 2.24. The molecule has 1 aliphatic carbocycles. The van der Waals surface area contributed by atoms with Gasteiger partial charge in [-0.1, -0.05) is 19.9 Å². The van der Waals surface area contributed by atoms with Gasteiger partial charge in [0.15, 0.2) is 0 Å². The lowest BCUT2D eigenvalue weighted by molar-refractivity contribution is 0.0699. The molecular formula is C17H22N2O2. The van der Waals surface area contributed by atoms with E-state index in [1.807, 2.05) is 12.1 Å². The van der Waals surface area contributed by atoms with Crippen molar-refractivity contribution in [2.75, 3.05) is 0 Å². The van der Waals surface area contributed by atoms with Gasteiger partial charge in [0.25, 0.3) is 0 Å². The average molecular weight is 286 g/mol. The molecule has 21 heavy (non-hydrogen) atoms. The lowest BCUT2D eigenvalue weighted by Crippen LogP contribution is -2.12. The number of aromatic carboxylic acids is 1. The molecule has 1 aliphatic rings. The third kappa shape index (κ3) is 2.67. The molecule has 0 radical (unpaired) electrons. The van der Waals surface area contributed by atoms with Crippen LogP contribution in [0.4, 0.5) is 0 Å². The van der Waals surface area contributed by atoms with E-state index in [1.54, 1.807) is 6.07 Å². The van der Waals surface area contributed by atoms with Gasteiger partial charge in [0.2, 0.25) is 0 Å². The molecule has 1 heterocycles. The Morgan fingerprint density at radius 3 is 2.86 bits per heavy atom. The van der Waals surface area contributed by atoms with Crippen LogP contribution in [0.5, 0.6) is 0 Å². The lowest BCUT2D eigenvalue weighted by Gasteiger charge is -2.14. The molecule has 4 heteroatoms. The molecule has 1 fully saturated rings. The summed E-state index contributed by atoms with van der Waals surface area (Å²) in [5, 5.41) is 9.34. The van der Waals surface area contributed by atoms with E-state index in [-0.39, 0.29) is 0 Å². The first kappa shape index (κ1) is 14.1. The van der Waals surface area contributed by atoms with Gasteiger partial charge in [0, 0.05) is 13.0 Å². The third-order valence-electron chi connectivity index (χ3n) is 4.46. The summed E-state index contributed by atoms with van der Waals surface area (Å²) in [7, 11) is 0. The zero-order chi connectivity index (χ0) is 15.0. The van der Waals surface area contributed by atoms with Crippen molar-refractivity contribution in [1.82, 2.24) is 9.55 Å². The standard InChI is InChI=1S/C17H22N2O2/c1-3-5-15-18-16-13(17(20)21)6-4-7-14(16)19(15)10-11(2)12-8-9-12/h4,6-7,11-12H,3,5,8-10H2,1-2H3,(H,20,21). The smallest absolute Gasteiger partial charge is 0.337 e. The second-order valence-corrected chi connectivity index (χ2v) is 6.18. The topological polar surface area (TPSA) is 55.1 Å². The van der Waals surface area contributed by atoms with Crippen LogP contribution in [-0.4, -0.2) is 20.6 Å². The Bertz CT molecular complexity index is 671. The van der Waals surface area contributed by atoms with Gasteiger partial charge >= 0.3 is 5.97 Å². The summed E-state index contributed by atoms with van der Waals surface area (Å²) in [6.07, 6.45) is 4.57. The highest BCUT2D eigenvalue weighted by atomic mass is 16.4. The highest BCUT2D eigenvalue weighted by Crippen LogP contribution is 2.38. The van der Waals surface area contributed by atoms with E-state index in [2.05, 4.69) is 23.4 Å². The van der Waals surface area contributed by atoms with Crippen LogP contribution in [-0.2, 0) is 13.0 Å². The van der Waals surface area contributed by atoms with E-state index >= 15 is 0 Å². The van der Waals surface area contributed by atoms with Crippen LogP contribution in [0.2, 0.25) is 0 Å². The third-order valence-corrected chi connectivity index (χ3v) is 4.46. The number of para-hydroxylation sites is 1. The molecule has 4 nitrogen and oxygen atoms in total. The van der Waals surface area contributed by atoms with Gasteiger partial charge in [-0.2, -0.15) is 0 Å². The summed E-state index contributed by atoms with van der Waals surface area (Å²) in [6, 6.07) is 5.46. The van der Waals surface area contributed by atoms with Crippen LogP contribution in [0.15, 0.2) is 18.2 Å². The van der Waals surface area contributed by atoms with Crippen LogP contribution >= 0.6 is 0 Å². The van der Waals surface area contributed by atoms with Gasteiger partial charge in [-0.15, -0.1) is 0 Å². The Morgan fingerprint density at radius 1 is 1.48 bits per heavy atom. The molecule has 1 atom stereocenters. The molecule has 0 aliphatic heterocycles. The highest BCUT2D eigenvalue weighted by molar-refractivity contribution is 6.01. The van der Waals surface area contributed by atoms with Crippen molar-refractivity contribution in [3.63, 3.8) is 0 Å². The van der Waals surface area contributed by atoms with Crippen molar-refractivity contribution >= 4 is 17.0 Å². The number of nitrogens with zero attached hydrogens (tertiary/aromatic N) is 2. The van der Waals surface area contributed by atoms with Crippen molar-refractivity contribution in [2.24, 2.45) is 11.8 Å². The number of hydrogen-bond acceptors (Lipinski definition) is 2.